The molecule has 0 atom stereocenters. The van der Waals surface area contributed by atoms with Crippen LogP contribution in [0.2, 0.25) is 0 Å². The molecule has 11 heteroatoms. The molecule has 0 saturated heterocycles. The fraction of sp³-hybridized carbons (Fsp3) is 0. The first kappa shape index (κ1) is 17.5. The van der Waals surface area contributed by atoms with Crippen LogP contribution in [0.25, 0.3) is 0 Å². The van der Waals surface area contributed by atoms with Crippen LogP contribution in [-0.4, -0.2) is 0 Å². The Kier molecular flexibility index (Phi) is 9.46. The van der Waals surface area contributed by atoms with E-state index in [0.29, 0.717) is 0 Å². The van der Waals surface area contributed by atoms with E-state index < -0.39 is 25.9 Å². The van der Waals surface area contributed by atoms with Gasteiger partial charge in [-0.15, -0.1) is 0 Å². The van der Waals surface area contributed by atoms with Crippen molar-refractivity contribution >= 4 is 0 Å². The van der Waals surface area contributed by atoms with Gasteiger partial charge in [0.15, 0.2) is 0 Å². The molecular weight excluding hydrogens is 303 g/mol. The molecule has 0 N–H and O–H groups in total. The first-order valence-electron chi connectivity index (χ1n) is 1.23. The third-order valence-corrected chi connectivity index (χ3v) is 0. The molecule has 0 aliphatic rings. The van der Waals surface area contributed by atoms with E-state index in [2.05, 4.69) is 0 Å². The average molecular weight is 303 g/mol. The Morgan fingerprint density at radius 1 is 0.636 bits per heavy atom. The Balaban J connectivity index is -0.000000107. The maximum absolute atomic E-state index is 8.58. The summed E-state index contributed by atoms with van der Waals surface area (Å²) in [4.78, 5) is 0. The number of hydrogen-bond acceptors (Lipinski definition) is 8. The van der Waals surface area contributed by atoms with Gasteiger partial charge in [-0.05, 0) is 0 Å². The van der Waals surface area contributed by atoms with Gasteiger partial charge in [0.05, 0.1) is 0 Å². The van der Waals surface area contributed by atoms with E-state index in [1.54, 1.807) is 0 Å². The Hall–Kier alpha value is 0.382. The Morgan fingerprint density at radius 2 is 0.636 bits per heavy atom. The van der Waals surface area contributed by atoms with Gasteiger partial charge in [-0.2, -0.15) is 0 Å². The van der Waals surface area contributed by atoms with Crippen LogP contribution >= 0.6 is 0 Å². The van der Waals surface area contributed by atoms with E-state index in [9.17, 15) is 0 Å². The molecule has 0 fully saturated rings. The van der Waals surface area contributed by atoms with Crippen molar-refractivity contribution in [2.75, 3.05) is 0 Å². The van der Waals surface area contributed by atoms with Crippen molar-refractivity contribution in [2.24, 2.45) is 0 Å². The van der Waals surface area contributed by atoms with Crippen molar-refractivity contribution in [3.05, 3.63) is 0 Å². The van der Waals surface area contributed by atoms with Gasteiger partial charge < -0.3 is 0 Å². The fourth-order valence-corrected chi connectivity index (χ4v) is 0. The zero-order chi connectivity index (χ0) is 9.00. The second-order valence-electron chi connectivity index (χ2n) is 0.756. The Bertz CT molecular complexity index is 296. The molecule has 0 heterocycles. The SMILES string of the molecule is [O]=[Mn](=[O])(=[O])[O-].[O]=[Mn](=[O])(=[O])[O-].[Zn+2]. The molecule has 0 bridgehead atoms. The summed E-state index contributed by atoms with van der Waals surface area (Å²) in [6.07, 6.45) is 0. The van der Waals surface area contributed by atoms with Crippen molar-refractivity contribution in [2.45, 2.75) is 0 Å². The second-order valence-corrected chi connectivity index (χ2v) is 3.12. The minimum Gasteiger partial charge on any atom is 2.00 e. The molecule has 0 unspecified atom stereocenters. The van der Waals surface area contributed by atoms with E-state index in [1.165, 1.54) is 0 Å². The van der Waals surface area contributed by atoms with Crippen LogP contribution in [0.15, 0.2) is 0 Å². The van der Waals surface area contributed by atoms with E-state index >= 15 is 0 Å². The molecule has 0 amide bonds. The van der Waals surface area contributed by atoms with Crippen molar-refractivity contribution in [1.29, 1.82) is 0 Å². The molecule has 0 radical (unpaired) electrons. The first-order valence-corrected chi connectivity index (χ1v) is 5.09. The second kappa shape index (κ2) is 5.96. The molecule has 8 nitrogen and oxygen atoms in total. The molecule has 0 aliphatic carbocycles. The van der Waals surface area contributed by atoms with Crippen LogP contribution in [0, 0.1) is 0 Å². The van der Waals surface area contributed by atoms with Gasteiger partial charge in [0.1, 0.15) is 0 Å². The third kappa shape index (κ3) is 4990. The molecule has 0 aromatic carbocycles. The Labute approximate surface area is 76.7 Å². The van der Waals surface area contributed by atoms with E-state index in [0.717, 1.165) is 0 Å². The normalized spacial score (nSPS) is 10.4. The van der Waals surface area contributed by atoms with Crippen LogP contribution in [-0.2, 0) is 68.4 Å². The van der Waals surface area contributed by atoms with E-state index in [1.807, 2.05) is 0 Å². The summed E-state index contributed by atoms with van der Waals surface area (Å²) in [6.45, 7) is 0. The van der Waals surface area contributed by atoms with E-state index in [-0.39, 0.29) is 19.5 Å². The van der Waals surface area contributed by atoms with Gasteiger partial charge in [-0.25, -0.2) is 0 Å². The molecule has 0 saturated carbocycles. The number of hydrogen-bond donors (Lipinski definition) is 0. The summed E-state index contributed by atoms with van der Waals surface area (Å²) in [5.74, 6) is 0. The van der Waals surface area contributed by atoms with Crippen LogP contribution in [0.5, 0.6) is 0 Å². The summed E-state index contributed by atoms with van der Waals surface area (Å²) in [5, 5.41) is 0. The van der Waals surface area contributed by atoms with Crippen molar-refractivity contribution in [1.82, 2.24) is 0 Å². The molecule has 0 rings (SSSR count). The summed E-state index contributed by atoms with van der Waals surface area (Å²) >= 11 is -11.2. The van der Waals surface area contributed by atoms with Crippen molar-refractivity contribution < 1.29 is 76.8 Å². The monoisotopic (exact) mass is 302 g/mol. The third-order valence-electron chi connectivity index (χ3n) is 0. The first-order chi connectivity index (χ1) is 4.00. The zero-order valence-corrected chi connectivity index (χ0v) is 10.1. The molecule has 64 valence electrons. The molecule has 0 aliphatic heterocycles. The number of rotatable bonds is 0. The quantitative estimate of drug-likeness (QED) is 0.427. The summed E-state index contributed by atoms with van der Waals surface area (Å²) in [6, 6.07) is 0. The van der Waals surface area contributed by atoms with Gasteiger partial charge in [0.2, 0.25) is 0 Å². The Morgan fingerprint density at radius 3 is 0.636 bits per heavy atom. The fourth-order valence-electron chi connectivity index (χ4n) is 0. The van der Waals surface area contributed by atoms with Crippen LogP contribution in [0.1, 0.15) is 0 Å². The maximum Gasteiger partial charge on any atom is 2.00 e. The van der Waals surface area contributed by atoms with Gasteiger partial charge in [0.25, 0.3) is 0 Å². The summed E-state index contributed by atoms with van der Waals surface area (Å²) in [5.41, 5.74) is 0. The van der Waals surface area contributed by atoms with E-state index in [4.69, 9.17) is 31.4 Å². The smallest absolute Gasteiger partial charge is 2.00 e. The van der Waals surface area contributed by atoms with Gasteiger partial charge in [-0.3, -0.25) is 0 Å². The van der Waals surface area contributed by atoms with Gasteiger partial charge in [-0.1, -0.05) is 0 Å². The predicted octanol–water partition coefficient (Wildman–Crippen LogP) is -3.10. The largest absolute Gasteiger partial charge is 2.00 e. The van der Waals surface area contributed by atoms with Crippen LogP contribution in [0.3, 0.4) is 0 Å². The standard InChI is InChI=1S/2Mn.8O.Zn/q;;;;;;;;2*-1;+2. The van der Waals surface area contributed by atoms with Gasteiger partial charge in [0, 0.05) is 0 Å². The van der Waals surface area contributed by atoms with Gasteiger partial charge >= 0.3 is 76.8 Å². The molecule has 0 spiro atoms. The summed E-state index contributed by atoms with van der Waals surface area (Å²) < 4.78 is 68.6. The van der Waals surface area contributed by atoms with Crippen molar-refractivity contribution in [3.8, 4) is 0 Å². The topological polar surface area (TPSA) is 149 Å². The zero-order valence-electron chi connectivity index (χ0n) is 4.73. The average Bonchev–Trinajstić information content (AvgIpc) is 1.12. The van der Waals surface area contributed by atoms with Crippen LogP contribution in [0.4, 0.5) is 0 Å². The minimum absolute atomic E-state index is 0. The predicted molar refractivity (Wildman–Crippen MR) is 4.12 cm³/mol. The van der Waals surface area contributed by atoms with Crippen LogP contribution < -0.4 is 8.38 Å². The molecule has 11 heavy (non-hydrogen) atoms. The molecule has 0 aromatic rings. The summed E-state index contributed by atoms with van der Waals surface area (Å²) in [7, 11) is 0. The molecule has 0 aromatic heterocycles. The van der Waals surface area contributed by atoms with Crippen molar-refractivity contribution in [3.63, 3.8) is 0 Å². The maximum atomic E-state index is 8.58. The minimum atomic E-state index is -5.62. The molecular formula is Mn2O8Zn.